The van der Waals surface area contributed by atoms with E-state index in [1.54, 1.807) is 6.20 Å². The lowest BCUT2D eigenvalue weighted by Crippen LogP contribution is -2.45. The lowest BCUT2D eigenvalue weighted by atomic mass is 9.90. The molecule has 2 aromatic rings. The van der Waals surface area contributed by atoms with E-state index in [1.165, 1.54) is 12.8 Å². The number of nitrogens with zero attached hydrogens (tertiary/aromatic N) is 3. The maximum Gasteiger partial charge on any atom is 0.129 e. The molecule has 0 aliphatic carbocycles. The number of hydrogen-bond acceptors (Lipinski definition) is 3. The monoisotopic (exact) mass is 230 g/mol. The Morgan fingerprint density at radius 3 is 3.00 bits per heavy atom. The van der Waals surface area contributed by atoms with E-state index < -0.39 is 0 Å². The molecule has 0 aromatic carbocycles. The summed E-state index contributed by atoms with van der Waals surface area (Å²) in [5.41, 5.74) is 2.15. The van der Waals surface area contributed by atoms with Gasteiger partial charge >= 0.3 is 0 Å². The Morgan fingerprint density at radius 2 is 2.29 bits per heavy atom. The molecule has 2 aromatic heterocycles. The topological polar surface area (TPSA) is 42.7 Å². The predicted molar refractivity (Wildman–Crippen MR) is 67.7 cm³/mol. The summed E-state index contributed by atoms with van der Waals surface area (Å²) in [5, 5.41) is 3.61. The van der Waals surface area contributed by atoms with Gasteiger partial charge in [0.2, 0.25) is 0 Å². The fourth-order valence-corrected chi connectivity index (χ4v) is 2.78. The number of imidazole rings is 1. The number of nitrogens with one attached hydrogen (secondary N) is 1. The SMILES string of the molecule is Cn1c(C2(C)CCCCN2)nc2ccncc21. The van der Waals surface area contributed by atoms with Crippen molar-refractivity contribution in [1.29, 1.82) is 0 Å². The Morgan fingerprint density at radius 1 is 1.41 bits per heavy atom. The molecule has 1 aliphatic heterocycles. The summed E-state index contributed by atoms with van der Waals surface area (Å²) in [4.78, 5) is 8.94. The van der Waals surface area contributed by atoms with Gasteiger partial charge in [-0.15, -0.1) is 0 Å². The largest absolute Gasteiger partial charge is 0.328 e. The highest BCUT2D eigenvalue weighted by Crippen LogP contribution is 2.30. The van der Waals surface area contributed by atoms with E-state index >= 15 is 0 Å². The Balaban J connectivity index is 2.13. The van der Waals surface area contributed by atoms with Gasteiger partial charge in [-0.1, -0.05) is 0 Å². The molecule has 1 saturated heterocycles. The van der Waals surface area contributed by atoms with Crippen LogP contribution in [0.1, 0.15) is 32.0 Å². The molecule has 17 heavy (non-hydrogen) atoms. The minimum atomic E-state index is 0.00597. The van der Waals surface area contributed by atoms with Crippen LogP contribution in [0.15, 0.2) is 18.5 Å². The summed E-state index contributed by atoms with van der Waals surface area (Å²) < 4.78 is 2.17. The second kappa shape index (κ2) is 3.81. The van der Waals surface area contributed by atoms with Crippen LogP contribution in [0.25, 0.3) is 11.0 Å². The van der Waals surface area contributed by atoms with Crippen molar-refractivity contribution in [2.75, 3.05) is 6.54 Å². The fourth-order valence-electron chi connectivity index (χ4n) is 2.78. The van der Waals surface area contributed by atoms with Crippen LogP contribution in [-0.2, 0) is 12.6 Å². The fraction of sp³-hybridized carbons (Fsp3) is 0.538. The predicted octanol–water partition coefficient (Wildman–Crippen LogP) is 1.96. The van der Waals surface area contributed by atoms with Crippen LogP contribution in [0.4, 0.5) is 0 Å². The number of hydrogen-bond donors (Lipinski definition) is 1. The molecular formula is C13H18N4. The summed E-state index contributed by atoms with van der Waals surface area (Å²) in [6, 6.07) is 1.98. The molecule has 4 heteroatoms. The van der Waals surface area contributed by atoms with Gasteiger partial charge in [-0.2, -0.15) is 0 Å². The van der Waals surface area contributed by atoms with Crippen molar-refractivity contribution in [2.45, 2.75) is 31.7 Å². The maximum atomic E-state index is 4.77. The van der Waals surface area contributed by atoms with Crippen LogP contribution < -0.4 is 5.32 Å². The molecular weight excluding hydrogens is 212 g/mol. The van der Waals surface area contributed by atoms with Gasteiger partial charge in [0.05, 0.1) is 22.8 Å². The first kappa shape index (κ1) is 10.7. The third kappa shape index (κ3) is 1.63. The molecule has 90 valence electrons. The van der Waals surface area contributed by atoms with Crippen LogP contribution in [0, 0.1) is 0 Å². The highest BCUT2D eigenvalue weighted by molar-refractivity contribution is 5.74. The zero-order chi connectivity index (χ0) is 11.9. The summed E-state index contributed by atoms with van der Waals surface area (Å²) in [6.45, 7) is 3.33. The second-order valence-electron chi connectivity index (χ2n) is 5.07. The Hall–Kier alpha value is -1.42. The van der Waals surface area contributed by atoms with Gasteiger partial charge in [-0.3, -0.25) is 4.98 Å². The van der Waals surface area contributed by atoms with Gasteiger partial charge < -0.3 is 9.88 Å². The average molecular weight is 230 g/mol. The number of pyridine rings is 1. The minimum absolute atomic E-state index is 0.00597. The van der Waals surface area contributed by atoms with Crippen molar-refractivity contribution in [3.63, 3.8) is 0 Å². The summed E-state index contributed by atoms with van der Waals surface area (Å²) in [5.74, 6) is 1.13. The smallest absolute Gasteiger partial charge is 0.129 e. The van der Waals surface area contributed by atoms with Gasteiger partial charge in [-0.25, -0.2) is 4.98 Å². The van der Waals surface area contributed by atoms with Crippen LogP contribution in [0.2, 0.25) is 0 Å². The molecule has 1 fully saturated rings. The first-order valence-electron chi connectivity index (χ1n) is 6.23. The van der Waals surface area contributed by atoms with Crippen LogP contribution >= 0.6 is 0 Å². The van der Waals surface area contributed by atoms with E-state index in [4.69, 9.17) is 4.98 Å². The van der Waals surface area contributed by atoms with Crippen LogP contribution in [-0.4, -0.2) is 21.1 Å². The normalized spacial score (nSPS) is 25.3. The van der Waals surface area contributed by atoms with E-state index in [0.29, 0.717) is 0 Å². The van der Waals surface area contributed by atoms with E-state index in [0.717, 1.165) is 29.8 Å². The van der Waals surface area contributed by atoms with Crippen molar-refractivity contribution in [2.24, 2.45) is 7.05 Å². The molecule has 0 radical (unpaired) electrons. The summed E-state index contributed by atoms with van der Waals surface area (Å²) in [6.07, 6.45) is 7.37. The number of rotatable bonds is 1. The van der Waals surface area contributed by atoms with Gasteiger partial charge in [0.25, 0.3) is 0 Å². The maximum absolute atomic E-state index is 4.77. The van der Waals surface area contributed by atoms with Gasteiger partial charge in [0, 0.05) is 13.2 Å². The molecule has 0 spiro atoms. The lowest BCUT2D eigenvalue weighted by Gasteiger charge is -2.34. The molecule has 1 unspecified atom stereocenters. The standard InChI is InChI=1S/C13H18N4/c1-13(6-3-4-7-15-13)12-16-10-5-8-14-9-11(10)17(12)2/h5,8-9,15H,3-4,6-7H2,1-2H3. The van der Waals surface area contributed by atoms with Crippen molar-refractivity contribution in [3.8, 4) is 0 Å². The molecule has 1 N–H and O–H groups in total. The molecule has 0 saturated carbocycles. The lowest BCUT2D eigenvalue weighted by molar-refractivity contribution is 0.264. The molecule has 0 amide bonds. The summed E-state index contributed by atoms with van der Waals surface area (Å²) in [7, 11) is 2.08. The highest BCUT2D eigenvalue weighted by atomic mass is 15.1. The van der Waals surface area contributed by atoms with Gasteiger partial charge in [0.15, 0.2) is 0 Å². The first-order valence-corrected chi connectivity index (χ1v) is 6.23. The molecule has 1 atom stereocenters. The average Bonchev–Trinajstić information content (AvgIpc) is 2.69. The zero-order valence-electron chi connectivity index (χ0n) is 10.4. The molecule has 1 aliphatic rings. The number of piperidine rings is 1. The molecule has 3 heterocycles. The molecule has 3 rings (SSSR count). The Kier molecular flexibility index (Phi) is 2.40. The molecule has 0 bridgehead atoms. The minimum Gasteiger partial charge on any atom is -0.328 e. The van der Waals surface area contributed by atoms with E-state index in [-0.39, 0.29) is 5.54 Å². The van der Waals surface area contributed by atoms with Crippen molar-refractivity contribution >= 4 is 11.0 Å². The summed E-state index contributed by atoms with van der Waals surface area (Å²) >= 11 is 0. The number of aryl methyl sites for hydroxylation is 1. The zero-order valence-corrected chi connectivity index (χ0v) is 10.4. The third-order valence-electron chi connectivity index (χ3n) is 3.80. The number of aromatic nitrogens is 3. The van der Waals surface area contributed by atoms with Crippen molar-refractivity contribution in [1.82, 2.24) is 19.9 Å². The van der Waals surface area contributed by atoms with Crippen LogP contribution in [0.5, 0.6) is 0 Å². The Labute approximate surface area is 101 Å². The number of fused-ring (bicyclic) bond motifs is 1. The van der Waals surface area contributed by atoms with Crippen molar-refractivity contribution in [3.05, 3.63) is 24.3 Å². The van der Waals surface area contributed by atoms with Gasteiger partial charge in [0.1, 0.15) is 5.82 Å². The second-order valence-corrected chi connectivity index (χ2v) is 5.07. The van der Waals surface area contributed by atoms with E-state index in [1.807, 2.05) is 12.3 Å². The van der Waals surface area contributed by atoms with E-state index in [2.05, 4.69) is 28.8 Å². The van der Waals surface area contributed by atoms with Crippen LogP contribution in [0.3, 0.4) is 0 Å². The van der Waals surface area contributed by atoms with Gasteiger partial charge in [-0.05, 0) is 38.8 Å². The van der Waals surface area contributed by atoms with Crippen molar-refractivity contribution < 1.29 is 0 Å². The highest BCUT2D eigenvalue weighted by Gasteiger charge is 2.32. The Bertz CT molecular complexity index is 537. The molecule has 4 nitrogen and oxygen atoms in total. The third-order valence-corrected chi connectivity index (χ3v) is 3.80. The first-order chi connectivity index (χ1) is 8.21. The quantitative estimate of drug-likeness (QED) is 0.814. The van der Waals surface area contributed by atoms with E-state index in [9.17, 15) is 0 Å².